The summed E-state index contributed by atoms with van der Waals surface area (Å²) >= 11 is 0. The van der Waals surface area contributed by atoms with E-state index in [1.165, 1.54) is 4.90 Å². The van der Waals surface area contributed by atoms with Gasteiger partial charge < -0.3 is 10.2 Å². The molecule has 0 radical (unpaired) electrons. The maximum Gasteiger partial charge on any atom is 0.244 e. The van der Waals surface area contributed by atoms with Crippen LogP contribution in [-0.2, 0) is 38.0 Å². The van der Waals surface area contributed by atoms with Gasteiger partial charge in [0.2, 0.25) is 21.8 Å². The number of sulfonamides is 1. The van der Waals surface area contributed by atoms with Gasteiger partial charge in [-0.3, -0.25) is 13.9 Å². The first-order chi connectivity index (χ1) is 19.3. The molecule has 3 aromatic rings. The lowest BCUT2D eigenvalue weighted by Gasteiger charge is -2.33. The molecule has 0 aliphatic rings. The number of benzene rings is 3. The maximum atomic E-state index is 14.1. The minimum atomic E-state index is -3.81. The molecule has 0 aliphatic heterocycles. The molecule has 0 heterocycles. The fraction of sp³-hybridized carbons (Fsp3) is 0.394. The molecule has 41 heavy (non-hydrogen) atoms. The number of carbonyl (C=O) groups is 2. The molecular formula is C33H43N3O4S. The molecule has 0 bridgehead atoms. The zero-order chi connectivity index (χ0) is 30.2. The van der Waals surface area contributed by atoms with Crippen LogP contribution in [0.5, 0.6) is 0 Å². The summed E-state index contributed by atoms with van der Waals surface area (Å²) in [6.07, 6.45) is 1.39. The van der Waals surface area contributed by atoms with Gasteiger partial charge in [0, 0.05) is 19.5 Å². The van der Waals surface area contributed by atoms with Crippen LogP contribution >= 0.6 is 0 Å². The van der Waals surface area contributed by atoms with Gasteiger partial charge in [-0.25, -0.2) is 8.42 Å². The predicted octanol–water partition coefficient (Wildman–Crippen LogP) is 5.16. The predicted molar refractivity (Wildman–Crippen MR) is 166 cm³/mol. The Balaban J connectivity index is 2.02. The molecule has 1 atom stereocenters. The van der Waals surface area contributed by atoms with Crippen LogP contribution in [0.4, 0.5) is 5.69 Å². The third kappa shape index (κ3) is 9.46. The fourth-order valence-corrected chi connectivity index (χ4v) is 5.35. The lowest BCUT2D eigenvalue weighted by molar-refractivity contribution is -0.140. The topological polar surface area (TPSA) is 86.8 Å². The maximum absolute atomic E-state index is 14.1. The van der Waals surface area contributed by atoms with E-state index in [4.69, 9.17) is 0 Å². The SMILES string of the molecule is CC(C)CNC(=O)[C@@H](Cc1ccccc1)N(Cc1ccccc1)C(=O)CN(c1ccc(C(C)(C)C)cc1)S(C)(=O)=O. The monoisotopic (exact) mass is 577 g/mol. The van der Waals surface area contributed by atoms with E-state index in [1.807, 2.05) is 86.6 Å². The van der Waals surface area contributed by atoms with Crippen molar-refractivity contribution < 1.29 is 18.0 Å². The summed E-state index contributed by atoms with van der Waals surface area (Å²) in [6, 6.07) is 25.4. The van der Waals surface area contributed by atoms with Gasteiger partial charge in [-0.2, -0.15) is 0 Å². The summed E-state index contributed by atoms with van der Waals surface area (Å²) in [7, 11) is -3.81. The van der Waals surface area contributed by atoms with Crippen LogP contribution in [0, 0.1) is 5.92 Å². The minimum absolute atomic E-state index is 0.106. The molecule has 0 saturated carbocycles. The van der Waals surface area contributed by atoms with Crippen molar-refractivity contribution in [3.8, 4) is 0 Å². The first kappa shape index (κ1) is 31.9. The smallest absolute Gasteiger partial charge is 0.244 e. The van der Waals surface area contributed by atoms with E-state index in [1.54, 1.807) is 12.1 Å². The normalized spacial score (nSPS) is 12.6. The number of rotatable bonds is 12. The Kier molecular flexibility index (Phi) is 10.7. The number of nitrogens with one attached hydrogen (secondary N) is 1. The molecule has 0 fully saturated rings. The van der Waals surface area contributed by atoms with Crippen LogP contribution in [0.2, 0.25) is 0 Å². The molecule has 0 saturated heterocycles. The van der Waals surface area contributed by atoms with Crippen LogP contribution in [0.3, 0.4) is 0 Å². The molecule has 3 aromatic carbocycles. The van der Waals surface area contributed by atoms with Gasteiger partial charge in [-0.15, -0.1) is 0 Å². The number of nitrogens with zero attached hydrogens (tertiary/aromatic N) is 2. The second kappa shape index (κ2) is 13.8. The van der Waals surface area contributed by atoms with E-state index in [9.17, 15) is 18.0 Å². The Bertz CT molecular complexity index is 1380. The lowest BCUT2D eigenvalue weighted by Crippen LogP contribution is -2.53. The standard InChI is InChI=1S/C33H43N3O4S/c1-25(2)22-34-32(38)30(21-26-13-9-7-10-14-26)35(23-27-15-11-8-12-16-27)31(37)24-36(41(6,39)40)29-19-17-28(18-20-29)33(3,4)5/h7-20,25,30H,21-24H2,1-6H3,(H,34,38)/t30-/m1/s1. The quantitative estimate of drug-likeness (QED) is 0.322. The van der Waals surface area contributed by atoms with Gasteiger partial charge in [0.05, 0.1) is 11.9 Å². The van der Waals surface area contributed by atoms with Gasteiger partial charge in [0.25, 0.3) is 0 Å². The van der Waals surface area contributed by atoms with Crippen molar-refractivity contribution in [3.05, 3.63) is 102 Å². The lowest BCUT2D eigenvalue weighted by atomic mass is 9.87. The van der Waals surface area contributed by atoms with Gasteiger partial charge in [0.1, 0.15) is 12.6 Å². The molecule has 0 aliphatic carbocycles. The summed E-state index contributed by atoms with van der Waals surface area (Å²) in [5, 5.41) is 2.99. The number of carbonyl (C=O) groups excluding carboxylic acids is 2. The molecular weight excluding hydrogens is 534 g/mol. The van der Waals surface area contributed by atoms with Gasteiger partial charge in [0.15, 0.2) is 0 Å². The summed E-state index contributed by atoms with van der Waals surface area (Å²) in [4.78, 5) is 29.3. The van der Waals surface area contributed by atoms with Crippen molar-refractivity contribution in [1.82, 2.24) is 10.2 Å². The first-order valence-corrected chi connectivity index (χ1v) is 15.8. The molecule has 2 amide bonds. The second-order valence-electron chi connectivity index (χ2n) is 11.9. The fourth-order valence-electron chi connectivity index (χ4n) is 4.50. The van der Waals surface area contributed by atoms with Crippen LogP contribution in [-0.4, -0.2) is 50.5 Å². The highest BCUT2D eigenvalue weighted by atomic mass is 32.2. The average molecular weight is 578 g/mol. The molecule has 8 heteroatoms. The molecule has 3 rings (SSSR count). The van der Waals surface area contributed by atoms with Crippen molar-refractivity contribution in [2.24, 2.45) is 5.92 Å². The Labute approximate surface area is 245 Å². The van der Waals surface area contributed by atoms with E-state index >= 15 is 0 Å². The van der Waals surface area contributed by atoms with Crippen molar-refractivity contribution in [1.29, 1.82) is 0 Å². The third-order valence-electron chi connectivity index (χ3n) is 6.85. The molecule has 0 aromatic heterocycles. The summed E-state index contributed by atoms with van der Waals surface area (Å²) in [6.45, 7) is 10.5. The molecule has 0 spiro atoms. The minimum Gasteiger partial charge on any atom is -0.354 e. The van der Waals surface area contributed by atoms with Crippen molar-refractivity contribution in [3.63, 3.8) is 0 Å². The molecule has 7 nitrogen and oxygen atoms in total. The van der Waals surface area contributed by atoms with Crippen molar-refractivity contribution in [2.45, 2.75) is 59.0 Å². The van der Waals surface area contributed by atoms with Crippen molar-refractivity contribution in [2.75, 3.05) is 23.7 Å². The van der Waals surface area contributed by atoms with Gasteiger partial charge >= 0.3 is 0 Å². The second-order valence-corrected chi connectivity index (χ2v) is 13.8. The zero-order valence-electron chi connectivity index (χ0n) is 25.0. The summed E-state index contributed by atoms with van der Waals surface area (Å²) in [5.41, 5.74) is 3.09. The highest BCUT2D eigenvalue weighted by Gasteiger charge is 2.33. The van der Waals surface area contributed by atoms with E-state index < -0.39 is 28.5 Å². The van der Waals surface area contributed by atoms with Crippen LogP contribution in [0.15, 0.2) is 84.9 Å². The van der Waals surface area contributed by atoms with Gasteiger partial charge in [-0.1, -0.05) is 107 Å². The first-order valence-electron chi connectivity index (χ1n) is 14.0. The number of hydrogen-bond acceptors (Lipinski definition) is 4. The van der Waals surface area contributed by atoms with E-state index in [0.717, 1.165) is 27.3 Å². The van der Waals surface area contributed by atoms with Crippen LogP contribution in [0.1, 0.15) is 51.3 Å². The van der Waals surface area contributed by atoms with E-state index in [-0.39, 0.29) is 23.8 Å². The number of amides is 2. The Hall–Kier alpha value is -3.65. The van der Waals surface area contributed by atoms with Crippen molar-refractivity contribution >= 4 is 27.5 Å². The highest BCUT2D eigenvalue weighted by Crippen LogP contribution is 2.26. The Morgan fingerprint density at radius 3 is 1.85 bits per heavy atom. The Morgan fingerprint density at radius 1 is 0.829 bits per heavy atom. The summed E-state index contributed by atoms with van der Waals surface area (Å²) in [5.74, 6) is -0.501. The number of hydrogen-bond donors (Lipinski definition) is 1. The average Bonchev–Trinajstić information content (AvgIpc) is 2.92. The molecule has 220 valence electrons. The number of anilines is 1. The highest BCUT2D eigenvalue weighted by molar-refractivity contribution is 7.92. The van der Waals surface area contributed by atoms with Crippen LogP contribution in [0.25, 0.3) is 0 Å². The zero-order valence-corrected chi connectivity index (χ0v) is 25.8. The van der Waals surface area contributed by atoms with E-state index in [0.29, 0.717) is 18.7 Å². The third-order valence-corrected chi connectivity index (χ3v) is 7.99. The Morgan fingerprint density at radius 2 is 1.37 bits per heavy atom. The summed E-state index contributed by atoms with van der Waals surface area (Å²) < 4.78 is 27.1. The molecule has 1 N–H and O–H groups in total. The largest absolute Gasteiger partial charge is 0.354 e. The van der Waals surface area contributed by atoms with Gasteiger partial charge in [-0.05, 0) is 40.2 Å². The van der Waals surface area contributed by atoms with E-state index in [2.05, 4.69) is 26.1 Å². The van der Waals surface area contributed by atoms with Crippen LogP contribution < -0.4 is 9.62 Å². The molecule has 0 unspecified atom stereocenters.